The topological polar surface area (TPSA) is 25.2 Å². The van der Waals surface area contributed by atoms with Gasteiger partial charge in [-0.1, -0.05) is 108 Å². The molecule has 0 saturated heterocycles. The Labute approximate surface area is 225 Å². The van der Waals surface area contributed by atoms with E-state index < -0.39 is 0 Å². The molecule has 0 atom stereocenters. The van der Waals surface area contributed by atoms with Gasteiger partial charge in [-0.15, -0.1) is 0 Å². The average Bonchev–Trinajstić information content (AvgIpc) is 3.40. The van der Waals surface area contributed by atoms with Crippen LogP contribution in [-0.4, -0.2) is 10.5 Å². The number of para-hydroxylation sites is 3. The standard InChI is InChI=1S/C32H22Cl2N2O/c33-27-15-8-16-28(34)31(27)36-30-18-7-5-14-25(30)26(32(36)37)20-23-21-35(29-17-6-4-13-24(23)29)19-9-12-22-10-2-1-3-11-22/h1-18,20-21H,19H2/b12-9-,26-20-. The van der Waals surface area contributed by atoms with Gasteiger partial charge >= 0.3 is 0 Å². The Morgan fingerprint density at radius 3 is 2.27 bits per heavy atom. The number of carbonyl (C=O) groups excluding carboxylic acids is 1. The minimum atomic E-state index is -0.156. The van der Waals surface area contributed by atoms with Gasteiger partial charge in [0.2, 0.25) is 0 Å². The van der Waals surface area contributed by atoms with Crippen molar-refractivity contribution in [1.82, 2.24) is 4.57 Å². The van der Waals surface area contributed by atoms with Crippen molar-refractivity contribution in [3.63, 3.8) is 0 Å². The summed E-state index contributed by atoms with van der Waals surface area (Å²) in [6.07, 6.45) is 8.35. The van der Waals surface area contributed by atoms with Gasteiger partial charge in [0, 0.05) is 34.8 Å². The highest BCUT2D eigenvalue weighted by Crippen LogP contribution is 2.47. The van der Waals surface area contributed by atoms with Crippen LogP contribution in [0.15, 0.2) is 109 Å². The molecule has 1 aliphatic rings. The van der Waals surface area contributed by atoms with Crippen molar-refractivity contribution in [3.05, 3.63) is 136 Å². The zero-order chi connectivity index (χ0) is 25.4. The van der Waals surface area contributed by atoms with Crippen LogP contribution in [0, 0.1) is 0 Å². The van der Waals surface area contributed by atoms with Crippen LogP contribution in [0.1, 0.15) is 16.7 Å². The number of hydrogen-bond acceptors (Lipinski definition) is 1. The van der Waals surface area contributed by atoms with Gasteiger partial charge in [-0.3, -0.25) is 9.69 Å². The molecule has 0 fully saturated rings. The van der Waals surface area contributed by atoms with Crippen molar-refractivity contribution >= 4 is 69.1 Å². The maximum atomic E-state index is 13.9. The molecule has 5 heteroatoms. The molecule has 180 valence electrons. The molecule has 3 nitrogen and oxygen atoms in total. The van der Waals surface area contributed by atoms with Crippen LogP contribution in [0.5, 0.6) is 0 Å². The number of benzene rings is 4. The summed E-state index contributed by atoms with van der Waals surface area (Å²) >= 11 is 13.0. The molecule has 0 spiro atoms. The summed E-state index contributed by atoms with van der Waals surface area (Å²) in [5, 5.41) is 1.94. The third-order valence-electron chi connectivity index (χ3n) is 6.56. The van der Waals surface area contributed by atoms with Crippen LogP contribution >= 0.6 is 23.2 Å². The Balaban J connectivity index is 1.43. The fourth-order valence-electron chi connectivity index (χ4n) is 4.87. The maximum absolute atomic E-state index is 13.9. The summed E-state index contributed by atoms with van der Waals surface area (Å²) < 4.78 is 2.20. The van der Waals surface area contributed by atoms with E-state index in [2.05, 4.69) is 47.2 Å². The van der Waals surface area contributed by atoms with Gasteiger partial charge < -0.3 is 4.57 Å². The lowest BCUT2D eigenvalue weighted by Gasteiger charge is -2.20. The van der Waals surface area contributed by atoms with Crippen LogP contribution in [0.4, 0.5) is 11.4 Å². The van der Waals surface area contributed by atoms with Crippen molar-refractivity contribution in [1.29, 1.82) is 0 Å². The van der Waals surface area contributed by atoms with Crippen molar-refractivity contribution < 1.29 is 4.79 Å². The number of allylic oxidation sites excluding steroid dienone is 1. The normalized spacial score (nSPS) is 14.3. The van der Waals surface area contributed by atoms with Gasteiger partial charge in [0.1, 0.15) is 0 Å². The highest BCUT2D eigenvalue weighted by atomic mass is 35.5. The van der Waals surface area contributed by atoms with Crippen molar-refractivity contribution in [3.8, 4) is 0 Å². The molecule has 0 aliphatic carbocycles. The largest absolute Gasteiger partial charge is 0.343 e. The minimum absolute atomic E-state index is 0.156. The van der Waals surface area contributed by atoms with E-state index in [1.165, 1.54) is 0 Å². The molecule has 5 aromatic rings. The Bertz CT molecular complexity index is 1680. The number of fused-ring (bicyclic) bond motifs is 2. The minimum Gasteiger partial charge on any atom is -0.343 e. The van der Waals surface area contributed by atoms with Gasteiger partial charge in [-0.25, -0.2) is 0 Å². The van der Waals surface area contributed by atoms with Gasteiger partial charge in [-0.05, 0) is 35.9 Å². The second-order valence-corrected chi connectivity index (χ2v) is 9.67. The molecule has 1 aromatic heterocycles. The monoisotopic (exact) mass is 520 g/mol. The Hall–Kier alpha value is -4.05. The van der Waals surface area contributed by atoms with E-state index in [-0.39, 0.29) is 5.91 Å². The number of rotatable bonds is 5. The first kappa shape index (κ1) is 23.4. The van der Waals surface area contributed by atoms with E-state index in [9.17, 15) is 4.79 Å². The van der Waals surface area contributed by atoms with Gasteiger partial charge in [0.05, 0.1) is 27.0 Å². The predicted octanol–water partition coefficient (Wildman–Crippen LogP) is 8.88. The van der Waals surface area contributed by atoms with Crippen LogP contribution in [-0.2, 0) is 11.3 Å². The Morgan fingerprint density at radius 2 is 1.46 bits per heavy atom. The Kier molecular flexibility index (Phi) is 6.17. The quantitative estimate of drug-likeness (QED) is 0.212. The molecule has 6 rings (SSSR count). The second-order valence-electron chi connectivity index (χ2n) is 8.85. The first-order valence-corrected chi connectivity index (χ1v) is 12.8. The zero-order valence-electron chi connectivity index (χ0n) is 19.8. The predicted molar refractivity (Wildman–Crippen MR) is 155 cm³/mol. The number of hydrogen-bond donors (Lipinski definition) is 0. The number of aromatic nitrogens is 1. The number of carbonyl (C=O) groups is 1. The van der Waals surface area contributed by atoms with Gasteiger partial charge in [0.25, 0.3) is 5.91 Å². The third-order valence-corrected chi connectivity index (χ3v) is 7.17. The molecule has 1 aliphatic heterocycles. The van der Waals surface area contributed by atoms with E-state index in [1.807, 2.05) is 60.7 Å². The van der Waals surface area contributed by atoms with E-state index in [0.29, 0.717) is 27.9 Å². The zero-order valence-corrected chi connectivity index (χ0v) is 21.3. The highest BCUT2D eigenvalue weighted by molar-refractivity contribution is 6.45. The lowest BCUT2D eigenvalue weighted by molar-refractivity contribution is -0.112. The fraction of sp³-hybridized carbons (Fsp3) is 0.0312. The molecule has 4 aromatic carbocycles. The third kappa shape index (κ3) is 4.27. The van der Waals surface area contributed by atoms with Crippen LogP contribution in [0.25, 0.3) is 28.6 Å². The van der Waals surface area contributed by atoms with Crippen LogP contribution < -0.4 is 4.90 Å². The number of nitrogens with zero attached hydrogens (tertiary/aromatic N) is 2. The summed E-state index contributed by atoms with van der Waals surface area (Å²) in [4.78, 5) is 15.5. The van der Waals surface area contributed by atoms with Crippen molar-refractivity contribution in [2.75, 3.05) is 4.90 Å². The Morgan fingerprint density at radius 1 is 0.757 bits per heavy atom. The average molecular weight is 521 g/mol. The highest BCUT2D eigenvalue weighted by Gasteiger charge is 2.35. The summed E-state index contributed by atoms with van der Waals surface area (Å²) in [6, 6.07) is 31.5. The van der Waals surface area contributed by atoms with E-state index in [1.54, 1.807) is 23.1 Å². The lowest BCUT2D eigenvalue weighted by Crippen LogP contribution is -2.21. The molecular weight excluding hydrogens is 499 g/mol. The smallest absolute Gasteiger partial charge is 0.263 e. The van der Waals surface area contributed by atoms with Crippen molar-refractivity contribution in [2.45, 2.75) is 6.54 Å². The fourth-order valence-corrected chi connectivity index (χ4v) is 5.44. The molecule has 0 N–H and O–H groups in total. The lowest BCUT2D eigenvalue weighted by atomic mass is 10.0. The summed E-state index contributed by atoms with van der Waals surface area (Å²) in [6.45, 7) is 0.713. The number of halogens is 2. The molecule has 0 bridgehead atoms. The second kappa shape index (κ2) is 9.78. The van der Waals surface area contributed by atoms with E-state index in [0.717, 1.165) is 33.3 Å². The van der Waals surface area contributed by atoms with E-state index >= 15 is 0 Å². The van der Waals surface area contributed by atoms with E-state index in [4.69, 9.17) is 23.2 Å². The summed E-state index contributed by atoms with van der Waals surface area (Å²) in [5.74, 6) is -0.156. The molecule has 0 unspecified atom stereocenters. The molecule has 37 heavy (non-hydrogen) atoms. The molecule has 2 heterocycles. The summed E-state index contributed by atoms with van der Waals surface area (Å²) in [5.41, 5.74) is 5.97. The molecule has 0 saturated carbocycles. The van der Waals surface area contributed by atoms with Gasteiger partial charge in [0.15, 0.2) is 0 Å². The van der Waals surface area contributed by atoms with Crippen LogP contribution in [0.3, 0.4) is 0 Å². The molecule has 1 amide bonds. The van der Waals surface area contributed by atoms with Crippen LogP contribution in [0.2, 0.25) is 10.0 Å². The maximum Gasteiger partial charge on any atom is 0.263 e. The number of amides is 1. The van der Waals surface area contributed by atoms with Crippen molar-refractivity contribution in [2.24, 2.45) is 0 Å². The first-order valence-electron chi connectivity index (χ1n) is 12.0. The molecule has 0 radical (unpaired) electrons. The summed E-state index contributed by atoms with van der Waals surface area (Å²) in [7, 11) is 0. The SMILES string of the molecule is O=C1/C(=C\c2cn(C/C=C\c3ccccc3)c3ccccc23)c2ccccc2N1c1c(Cl)cccc1Cl. The number of anilines is 2. The van der Waals surface area contributed by atoms with Gasteiger partial charge in [-0.2, -0.15) is 0 Å². The first-order chi connectivity index (χ1) is 18.1. The molecular formula is C32H22Cl2N2O.